The molecule has 2 atom stereocenters. The van der Waals surface area contributed by atoms with Crippen LogP contribution in [-0.2, 0) is 4.74 Å². The average molecular weight is 347 g/mol. The van der Waals surface area contributed by atoms with E-state index in [1.807, 2.05) is 11.0 Å². The standard InChI is InChI=1S/C19H29N3O3/c1-13-10-21(11-14(2)24-13)12-15-5-7-22(8-6-15)19(23)17-9-18(25-20-17)16-3-4-16/h9,13-16H,3-8,10-12H2,1-2H3/t13-,14+. The highest BCUT2D eigenvalue weighted by Crippen LogP contribution is 2.40. The number of hydrogen-bond acceptors (Lipinski definition) is 5. The number of carbonyl (C=O) groups excluding carboxylic acids is 1. The molecule has 0 aromatic carbocycles. The van der Waals surface area contributed by atoms with Crippen molar-refractivity contribution in [2.75, 3.05) is 32.7 Å². The summed E-state index contributed by atoms with van der Waals surface area (Å²) in [6, 6.07) is 1.85. The van der Waals surface area contributed by atoms with Crippen molar-refractivity contribution < 1.29 is 14.1 Å². The van der Waals surface area contributed by atoms with E-state index in [4.69, 9.17) is 9.26 Å². The first-order valence-corrected chi connectivity index (χ1v) is 9.72. The SMILES string of the molecule is C[C@@H]1CN(CC2CCN(C(=O)c3cc(C4CC4)on3)CC2)C[C@H](C)O1. The first-order chi connectivity index (χ1) is 12.1. The number of morpholine rings is 1. The molecule has 6 heteroatoms. The summed E-state index contributed by atoms with van der Waals surface area (Å²) in [4.78, 5) is 17.1. The molecule has 1 saturated carbocycles. The van der Waals surface area contributed by atoms with Crippen LogP contribution in [0.4, 0.5) is 0 Å². The van der Waals surface area contributed by atoms with E-state index in [0.29, 0.717) is 29.7 Å². The van der Waals surface area contributed by atoms with Crippen LogP contribution in [0, 0.1) is 5.92 Å². The van der Waals surface area contributed by atoms with E-state index in [-0.39, 0.29) is 5.91 Å². The quantitative estimate of drug-likeness (QED) is 0.838. The molecular weight excluding hydrogens is 318 g/mol. The number of aromatic nitrogens is 1. The number of piperidine rings is 1. The fourth-order valence-electron chi connectivity index (χ4n) is 4.23. The topological polar surface area (TPSA) is 58.8 Å². The van der Waals surface area contributed by atoms with Gasteiger partial charge in [-0.1, -0.05) is 5.16 Å². The highest BCUT2D eigenvalue weighted by Gasteiger charge is 2.32. The highest BCUT2D eigenvalue weighted by molar-refractivity contribution is 5.92. The maximum absolute atomic E-state index is 12.6. The zero-order valence-electron chi connectivity index (χ0n) is 15.3. The number of nitrogens with zero attached hydrogens (tertiary/aromatic N) is 3. The first kappa shape index (κ1) is 17.0. The fraction of sp³-hybridized carbons (Fsp3) is 0.789. The van der Waals surface area contributed by atoms with Crippen molar-refractivity contribution in [3.05, 3.63) is 17.5 Å². The smallest absolute Gasteiger partial charge is 0.276 e. The van der Waals surface area contributed by atoms with Gasteiger partial charge in [0.15, 0.2) is 5.69 Å². The third-order valence-electron chi connectivity index (χ3n) is 5.64. The summed E-state index contributed by atoms with van der Waals surface area (Å²) >= 11 is 0. The lowest BCUT2D eigenvalue weighted by molar-refractivity contribution is -0.0728. The van der Waals surface area contributed by atoms with Crippen LogP contribution in [0.15, 0.2) is 10.6 Å². The Bertz CT molecular complexity index is 595. The van der Waals surface area contributed by atoms with Crippen molar-refractivity contribution >= 4 is 5.91 Å². The molecule has 3 aliphatic rings. The summed E-state index contributed by atoms with van der Waals surface area (Å²) in [6.07, 6.45) is 5.09. The van der Waals surface area contributed by atoms with Crippen LogP contribution in [-0.4, -0.2) is 65.8 Å². The van der Waals surface area contributed by atoms with Gasteiger partial charge in [0, 0.05) is 44.7 Å². The number of likely N-dealkylation sites (tertiary alicyclic amines) is 1. The van der Waals surface area contributed by atoms with Crippen LogP contribution < -0.4 is 0 Å². The number of ether oxygens (including phenoxy) is 1. The van der Waals surface area contributed by atoms with Crippen LogP contribution in [0.3, 0.4) is 0 Å². The third kappa shape index (κ3) is 4.06. The van der Waals surface area contributed by atoms with E-state index in [2.05, 4.69) is 23.9 Å². The molecule has 3 heterocycles. The Balaban J connectivity index is 1.26. The van der Waals surface area contributed by atoms with Gasteiger partial charge < -0.3 is 14.2 Å². The van der Waals surface area contributed by atoms with Gasteiger partial charge in [0.05, 0.1) is 12.2 Å². The zero-order chi connectivity index (χ0) is 17.4. The van der Waals surface area contributed by atoms with Gasteiger partial charge in [-0.25, -0.2) is 0 Å². The van der Waals surface area contributed by atoms with E-state index < -0.39 is 0 Å². The molecule has 4 rings (SSSR count). The molecule has 1 aromatic heterocycles. The lowest BCUT2D eigenvalue weighted by atomic mass is 9.95. The van der Waals surface area contributed by atoms with Crippen molar-refractivity contribution in [3.63, 3.8) is 0 Å². The normalized spacial score (nSPS) is 29.1. The van der Waals surface area contributed by atoms with Crippen molar-refractivity contribution in [3.8, 4) is 0 Å². The summed E-state index contributed by atoms with van der Waals surface area (Å²) in [5.74, 6) is 2.08. The first-order valence-electron chi connectivity index (χ1n) is 9.72. The minimum Gasteiger partial charge on any atom is -0.373 e. The van der Waals surface area contributed by atoms with Gasteiger partial charge in [0.1, 0.15) is 5.76 Å². The van der Waals surface area contributed by atoms with Gasteiger partial charge in [-0.15, -0.1) is 0 Å². The average Bonchev–Trinajstić information content (AvgIpc) is 3.31. The van der Waals surface area contributed by atoms with E-state index in [9.17, 15) is 4.79 Å². The molecule has 0 bridgehead atoms. The zero-order valence-corrected chi connectivity index (χ0v) is 15.3. The molecule has 0 spiro atoms. The Labute approximate surface area is 149 Å². The molecule has 0 unspecified atom stereocenters. The van der Waals surface area contributed by atoms with Crippen LogP contribution in [0.1, 0.15) is 61.7 Å². The molecule has 1 aliphatic carbocycles. The van der Waals surface area contributed by atoms with Crippen molar-refractivity contribution in [2.45, 2.75) is 57.7 Å². The Morgan fingerprint density at radius 3 is 2.48 bits per heavy atom. The Kier molecular flexibility index (Phi) is 4.82. The molecule has 1 amide bonds. The second-order valence-corrected chi connectivity index (χ2v) is 8.10. The fourth-order valence-corrected chi connectivity index (χ4v) is 4.23. The summed E-state index contributed by atoms with van der Waals surface area (Å²) in [6.45, 7) is 9.11. The molecule has 2 aliphatic heterocycles. The Hall–Kier alpha value is -1.40. The van der Waals surface area contributed by atoms with Crippen molar-refractivity contribution in [1.82, 2.24) is 15.0 Å². The van der Waals surface area contributed by atoms with Crippen LogP contribution >= 0.6 is 0 Å². The second kappa shape index (κ2) is 7.08. The molecule has 2 saturated heterocycles. The predicted octanol–water partition coefficient (Wildman–Crippen LogP) is 2.51. The monoisotopic (exact) mass is 347 g/mol. The third-order valence-corrected chi connectivity index (χ3v) is 5.64. The van der Waals surface area contributed by atoms with Crippen LogP contribution in [0.25, 0.3) is 0 Å². The lowest BCUT2D eigenvalue weighted by Gasteiger charge is -2.39. The molecule has 1 aromatic rings. The molecule has 6 nitrogen and oxygen atoms in total. The summed E-state index contributed by atoms with van der Waals surface area (Å²) < 4.78 is 11.1. The number of carbonyl (C=O) groups is 1. The van der Waals surface area contributed by atoms with E-state index in [1.54, 1.807) is 0 Å². The van der Waals surface area contributed by atoms with Gasteiger partial charge in [-0.3, -0.25) is 9.69 Å². The molecule has 0 N–H and O–H groups in total. The van der Waals surface area contributed by atoms with E-state index in [1.165, 1.54) is 0 Å². The Morgan fingerprint density at radius 2 is 1.84 bits per heavy atom. The van der Waals surface area contributed by atoms with Gasteiger partial charge in [0.2, 0.25) is 0 Å². The van der Waals surface area contributed by atoms with Crippen LogP contribution in [0.2, 0.25) is 0 Å². The number of hydrogen-bond donors (Lipinski definition) is 0. The Morgan fingerprint density at radius 1 is 1.16 bits per heavy atom. The second-order valence-electron chi connectivity index (χ2n) is 8.10. The lowest BCUT2D eigenvalue weighted by Crippen LogP contribution is -2.48. The van der Waals surface area contributed by atoms with Gasteiger partial charge in [-0.05, 0) is 45.4 Å². The van der Waals surface area contributed by atoms with E-state index in [0.717, 1.165) is 64.2 Å². The van der Waals surface area contributed by atoms with Gasteiger partial charge in [-0.2, -0.15) is 0 Å². The molecule has 3 fully saturated rings. The molecule has 25 heavy (non-hydrogen) atoms. The minimum absolute atomic E-state index is 0.0303. The maximum Gasteiger partial charge on any atom is 0.276 e. The maximum atomic E-state index is 12.6. The molecular formula is C19H29N3O3. The van der Waals surface area contributed by atoms with Crippen LogP contribution in [0.5, 0.6) is 0 Å². The minimum atomic E-state index is 0.0303. The number of rotatable bonds is 4. The summed E-state index contributed by atoms with van der Waals surface area (Å²) in [5.41, 5.74) is 0.483. The largest absolute Gasteiger partial charge is 0.373 e. The van der Waals surface area contributed by atoms with Crippen molar-refractivity contribution in [2.24, 2.45) is 5.92 Å². The highest BCUT2D eigenvalue weighted by atomic mass is 16.5. The summed E-state index contributed by atoms with van der Waals surface area (Å²) in [7, 11) is 0. The van der Waals surface area contributed by atoms with Gasteiger partial charge >= 0.3 is 0 Å². The van der Waals surface area contributed by atoms with Gasteiger partial charge in [0.25, 0.3) is 5.91 Å². The summed E-state index contributed by atoms with van der Waals surface area (Å²) in [5, 5.41) is 3.99. The molecule has 0 radical (unpaired) electrons. The van der Waals surface area contributed by atoms with E-state index >= 15 is 0 Å². The predicted molar refractivity (Wildman–Crippen MR) is 93.6 cm³/mol. The van der Waals surface area contributed by atoms with Crippen molar-refractivity contribution in [1.29, 1.82) is 0 Å². The number of amides is 1. The molecule has 138 valence electrons.